The minimum absolute atomic E-state index is 0.705. The fraction of sp³-hybridized carbons (Fsp3) is 0.304. The third-order valence-corrected chi connectivity index (χ3v) is 4.73. The van der Waals surface area contributed by atoms with E-state index in [0.29, 0.717) is 6.54 Å². The number of benzene rings is 2. The number of aliphatic imine (C=N–C) groups is 1. The van der Waals surface area contributed by atoms with Crippen LogP contribution in [0.4, 0.5) is 0 Å². The Kier molecular flexibility index (Phi) is 7.41. The quantitative estimate of drug-likeness (QED) is 0.459. The second kappa shape index (κ2) is 10.4. The van der Waals surface area contributed by atoms with Crippen LogP contribution in [0, 0.1) is 0 Å². The molecule has 0 aliphatic heterocycles. The van der Waals surface area contributed by atoms with E-state index in [1.807, 2.05) is 16.9 Å². The maximum Gasteiger partial charge on any atom is 0.191 e. The topological polar surface area (TPSA) is 57.5 Å². The molecule has 0 saturated carbocycles. The summed E-state index contributed by atoms with van der Waals surface area (Å²) in [6.45, 7) is 3.12. The van der Waals surface area contributed by atoms with Crippen LogP contribution in [0.2, 0.25) is 0 Å². The zero-order valence-electron chi connectivity index (χ0n) is 17.5. The standard InChI is InChI=1S/C23H30N6/c1-24-23(25-15-19-9-4-6-11-21(19)17-28(2)3)26-16-20-10-5-7-12-22(20)18-29-14-8-13-27-29/h4-14H,15-18H2,1-3H3,(H2,24,25,26). The SMILES string of the molecule is CN=C(NCc1ccccc1CN(C)C)NCc1ccccc1Cn1cccn1. The molecule has 0 aliphatic carbocycles. The zero-order chi connectivity index (χ0) is 20.5. The van der Waals surface area contributed by atoms with Crippen molar-refractivity contribution < 1.29 is 0 Å². The van der Waals surface area contributed by atoms with Crippen LogP contribution in [0.15, 0.2) is 72.0 Å². The highest BCUT2D eigenvalue weighted by Crippen LogP contribution is 2.11. The largest absolute Gasteiger partial charge is 0.352 e. The number of aromatic nitrogens is 2. The Morgan fingerprint density at radius 1 is 0.897 bits per heavy atom. The minimum Gasteiger partial charge on any atom is -0.352 e. The van der Waals surface area contributed by atoms with Crippen molar-refractivity contribution in [3.8, 4) is 0 Å². The Hall–Kier alpha value is -3.12. The van der Waals surface area contributed by atoms with Gasteiger partial charge >= 0.3 is 0 Å². The molecule has 0 radical (unpaired) electrons. The Morgan fingerprint density at radius 2 is 1.48 bits per heavy atom. The van der Waals surface area contributed by atoms with Crippen LogP contribution >= 0.6 is 0 Å². The second-order valence-electron chi connectivity index (χ2n) is 7.26. The molecule has 0 saturated heterocycles. The maximum absolute atomic E-state index is 4.38. The van der Waals surface area contributed by atoms with E-state index in [1.165, 1.54) is 22.3 Å². The van der Waals surface area contributed by atoms with Gasteiger partial charge in [-0.25, -0.2) is 0 Å². The molecule has 3 rings (SSSR count). The number of nitrogens with zero attached hydrogens (tertiary/aromatic N) is 4. The van der Waals surface area contributed by atoms with Crippen LogP contribution in [0.25, 0.3) is 0 Å². The molecule has 0 fully saturated rings. The van der Waals surface area contributed by atoms with Gasteiger partial charge in [0.15, 0.2) is 5.96 Å². The monoisotopic (exact) mass is 390 g/mol. The highest BCUT2D eigenvalue weighted by molar-refractivity contribution is 5.79. The minimum atomic E-state index is 0.705. The van der Waals surface area contributed by atoms with E-state index in [9.17, 15) is 0 Å². The number of guanidine groups is 1. The van der Waals surface area contributed by atoms with Gasteiger partial charge in [0.1, 0.15) is 0 Å². The molecule has 1 aromatic heterocycles. The Labute approximate surface area is 173 Å². The normalized spacial score (nSPS) is 11.7. The summed E-state index contributed by atoms with van der Waals surface area (Å²) < 4.78 is 1.94. The molecule has 1 heterocycles. The lowest BCUT2D eigenvalue weighted by molar-refractivity contribution is 0.400. The van der Waals surface area contributed by atoms with Crippen LogP contribution in [-0.2, 0) is 26.2 Å². The maximum atomic E-state index is 4.38. The number of hydrogen-bond donors (Lipinski definition) is 2. The number of rotatable bonds is 8. The Morgan fingerprint density at radius 3 is 2.03 bits per heavy atom. The van der Waals surface area contributed by atoms with E-state index in [0.717, 1.165) is 25.6 Å². The first-order valence-electron chi connectivity index (χ1n) is 9.86. The summed E-state index contributed by atoms with van der Waals surface area (Å²) >= 11 is 0. The third kappa shape index (κ3) is 6.19. The molecule has 0 amide bonds. The van der Waals surface area contributed by atoms with Gasteiger partial charge in [-0.1, -0.05) is 48.5 Å². The van der Waals surface area contributed by atoms with E-state index in [-0.39, 0.29) is 0 Å². The summed E-state index contributed by atoms with van der Waals surface area (Å²) in [5, 5.41) is 11.2. The van der Waals surface area contributed by atoms with E-state index in [2.05, 4.69) is 88.3 Å². The summed E-state index contributed by atoms with van der Waals surface area (Å²) in [5.74, 6) is 0.790. The van der Waals surface area contributed by atoms with Crippen molar-refractivity contribution in [2.75, 3.05) is 21.1 Å². The zero-order valence-corrected chi connectivity index (χ0v) is 17.5. The summed E-state index contributed by atoms with van der Waals surface area (Å²) in [7, 11) is 5.98. The molecule has 6 heteroatoms. The van der Waals surface area contributed by atoms with Gasteiger partial charge in [-0.3, -0.25) is 9.67 Å². The van der Waals surface area contributed by atoms with E-state index in [4.69, 9.17) is 0 Å². The molecule has 6 nitrogen and oxygen atoms in total. The van der Waals surface area contributed by atoms with Crippen molar-refractivity contribution in [2.45, 2.75) is 26.2 Å². The van der Waals surface area contributed by atoms with Crippen molar-refractivity contribution in [3.63, 3.8) is 0 Å². The van der Waals surface area contributed by atoms with E-state index >= 15 is 0 Å². The van der Waals surface area contributed by atoms with Gasteiger partial charge in [-0.15, -0.1) is 0 Å². The van der Waals surface area contributed by atoms with Gasteiger partial charge in [0.2, 0.25) is 0 Å². The van der Waals surface area contributed by atoms with Gasteiger partial charge in [-0.2, -0.15) is 5.10 Å². The first-order valence-corrected chi connectivity index (χ1v) is 9.86. The molecule has 29 heavy (non-hydrogen) atoms. The summed E-state index contributed by atoms with van der Waals surface area (Å²) in [4.78, 5) is 6.56. The fourth-order valence-corrected chi connectivity index (χ4v) is 3.26. The van der Waals surface area contributed by atoms with Gasteiger partial charge in [0.05, 0.1) is 6.54 Å². The molecular formula is C23H30N6. The molecule has 0 bridgehead atoms. The summed E-state index contributed by atoms with van der Waals surface area (Å²) in [6.07, 6.45) is 3.79. The highest BCUT2D eigenvalue weighted by atomic mass is 15.3. The molecule has 0 atom stereocenters. The molecule has 0 aliphatic rings. The lowest BCUT2D eigenvalue weighted by atomic mass is 10.1. The highest BCUT2D eigenvalue weighted by Gasteiger charge is 2.07. The predicted octanol–water partition coefficient (Wildman–Crippen LogP) is 2.86. The van der Waals surface area contributed by atoms with Crippen LogP contribution in [0.5, 0.6) is 0 Å². The smallest absolute Gasteiger partial charge is 0.191 e. The lowest BCUT2D eigenvalue weighted by Gasteiger charge is -2.17. The van der Waals surface area contributed by atoms with Gasteiger partial charge in [0.25, 0.3) is 0 Å². The van der Waals surface area contributed by atoms with Crippen LogP contribution in [0.3, 0.4) is 0 Å². The van der Waals surface area contributed by atoms with Crippen molar-refractivity contribution in [2.24, 2.45) is 4.99 Å². The third-order valence-electron chi connectivity index (χ3n) is 4.73. The van der Waals surface area contributed by atoms with Crippen molar-refractivity contribution in [1.82, 2.24) is 25.3 Å². The van der Waals surface area contributed by atoms with Gasteiger partial charge in [-0.05, 0) is 42.4 Å². The first kappa shape index (κ1) is 20.6. The summed E-state index contributed by atoms with van der Waals surface area (Å²) in [6, 6.07) is 18.9. The Bertz CT molecular complexity index is 915. The number of hydrogen-bond acceptors (Lipinski definition) is 3. The average Bonchev–Trinajstić information content (AvgIpc) is 3.23. The van der Waals surface area contributed by atoms with Crippen molar-refractivity contribution >= 4 is 5.96 Å². The molecule has 0 spiro atoms. The molecule has 2 aromatic carbocycles. The van der Waals surface area contributed by atoms with E-state index in [1.54, 1.807) is 13.2 Å². The molecular weight excluding hydrogens is 360 g/mol. The predicted molar refractivity (Wildman–Crippen MR) is 119 cm³/mol. The number of nitrogens with one attached hydrogen (secondary N) is 2. The Balaban J connectivity index is 1.60. The fourth-order valence-electron chi connectivity index (χ4n) is 3.26. The van der Waals surface area contributed by atoms with Gasteiger partial charge < -0.3 is 15.5 Å². The molecule has 0 unspecified atom stereocenters. The van der Waals surface area contributed by atoms with Crippen LogP contribution in [0.1, 0.15) is 22.3 Å². The molecule has 2 N–H and O–H groups in total. The molecule has 152 valence electrons. The molecule has 3 aromatic rings. The second-order valence-corrected chi connectivity index (χ2v) is 7.26. The van der Waals surface area contributed by atoms with Crippen molar-refractivity contribution in [1.29, 1.82) is 0 Å². The van der Waals surface area contributed by atoms with Gasteiger partial charge in [0, 0.05) is 39.1 Å². The van der Waals surface area contributed by atoms with Crippen LogP contribution in [-0.4, -0.2) is 41.8 Å². The average molecular weight is 391 g/mol. The van der Waals surface area contributed by atoms with Crippen LogP contribution < -0.4 is 10.6 Å². The van der Waals surface area contributed by atoms with Crippen molar-refractivity contribution in [3.05, 3.63) is 89.2 Å². The van der Waals surface area contributed by atoms with E-state index < -0.39 is 0 Å². The first-order chi connectivity index (χ1) is 14.2. The summed E-state index contributed by atoms with van der Waals surface area (Å²) in [5.41, 5.74) is 5.09. The lowest BCUT2D eigenvalue weighted by Crippen LogP contribution is -2.36.